The fourth-order valence-electron chi connectivity index (χ4n) is 2.22. The van der Waals surface area contributed by atoms with E-state index in [0.29, 0.717) is 6.42 Å². The Bertz CT molecular complexity index is 556. The van der Waals surface area contributed by atoms with Gasteiger partial charge in [0.2, 0.25) is 0 Å². The van der Waals surface area contributed by atoms with Gasteiger partial charge < -0.3 is 5.73 Å². The van der Waals surface area contributed by atoms with Crippen LogP contribution in [0.1, 0.15) is 24.5 Å². The van der Waals surface area contributed by atoms with Crippen LogP contribution in [0.3, 0.4) is 0 Å². The summed E-state index contributed by atoms with van der Waals surface area (Å²) < 4.78 is 13.2. The Morgan fingerprint density at radius 3 is 2.42 bits per heavy atom. The number of nitrogens with two attached hydrogens (primary N) is 1. The molecule has 2 rings (SSSR count). The number of halogens is 2. The molecule has 0 aliphatic rings. The van der Waals surface area contributed by atoms with Crippen LogP contribution in [0, 0.1) is 5.82 Å². The zero-order valence-electron chi connectivity index (χ0n) is 10.9. The molecule has 0 aromatic heterocycles. The molecule has 0 fully saturated rings. The van der Waals surface area contributed by atoms with Gasteiger partial charge in [0.15, 0.2) is 0 Å². The molecule has 0 radical (unpaired) electrons. The monoisotopic (exact) mass is 277 g/mol. The summed E-state index contributed by atoms with van der Waals surface area (Å²) in [7, 11) is 0. The maximum absolute atomic E-state index is 13.2. The fraction of sp³-hybridized carbons (Fsp3) is 0.250. The van der Waals surface area contributed by atoms with E-state index < -0.39 is 11.4 Å². The molecule has 2 aromatic rings. The molecule has 0 heterocycles. The lowest BCUT2D eigenvalue weighted by Crippen LogP contribution is -2.38. The summed E-state index contributed by atoms with van der Waals surface area (Å²) in [4.78, 5) is 0. The number of hydrogen-bond acceptors (Lipinski definition) is 1. The lowest BCUT2D eigenvalue weighted by atomic mass is 9.82. The van der Waals surface area contributed by atoms with Crippen molar-refractivity contribution in [1.29, 1.82) is 0 Å². The van der Waals surface area contributed by atoms with Crippen molar-refractivity contribution in [3.63, 3.8) is 0 Å². The van der Waals surface area contributed by atoms with Gasteiger partial charge in [-0.3, -0.25) is 0 Å². The first kappa shape index (κ1) is 14.0. The van der Waals surface area contributed by atoms with Gasteiger partial charge in [-0.2, -0.15) is 0 Å². The Morgan fingerprint density at radius 1 is 1.16 bits per heavy atom. The maximum Gasteiger partial charge on any atom is 0.141 e. The van der Waals surface area contributed by atoms with E-state index in [0.717, 1.165) is 17.5 Å². The van der Waals surface area contributed by atoms with Gasteiger partial charge in [0, 0.05) is 5.54 Å². The van der Waals surface area contributed by atoms with Crippen LogP contribution in [-0.2, 0) is 12.0 Å². The normalized spacial score (nSPS) is 14.1. The molecule has 1 atom stereocenters. The zero-order chi connectivity index (χ0) is 13.9. The lowest BCUT2D eigenvalue weighted by Gasteiger charge is -2.29. The first-order valence-electron chi connectivity index (χ1n) is 6.33. The highest BCUT2D eigenvalue weighted by molar-refractivity contribution is 6.30. The molecule has 100 valence electrons. The van der Waals surface area contributed by atoms with Crippen molar-refractivity contribution >= 4 is 11.6 Å². The van der Waals surface area contributed by atoms with Gasteiger partial charge in [0.1, 0.15) is 5.82 Å². The van der Waals surface area contributed by atoms with E-state index in [4.69, 9.17) is 17.3 Å². The van der Waals surface area contributed by atoms with E-state index >= 15 is 0 Å². The van der Waals surface area contributed by atoms with E-state index in [1.54, 1.807) is 12.1 Å². The molecule has 19 heavy (non-hydrogen) atoms. The van der Waals surface area contributed by atoms with Gasteiger partial charge in [0.25, 0.3) is 0 Å². The van der Waals surface area contributed by atoms with Crippen LogP contribution < -0.4 is 5.73 Å². The fourth-order valence-corrected chi connectivity index (χ4v) is 2.42. The highest BCUT2D eigenvalue weighted by Gasteiger charge is 2.25. The molecular formula is C16H17ClFN. The quantitative estimate of drug-likeness (QED) is 0.887. The average Bonchev–Trinajstić information content (AvgIpc) is 2.44. The molecule has 0 aliphatic heterocycles. The third kappa shape index (κ3) is 3.14. The van der Waals surface area contributed by atoms with Crippen molar-refractivity contribution in [2.75, 3.05) is 0 Å². The third-order valence-corrected chi connectivity index (χ3v) is 3.77. The minimum absolute atomic E-state index is 0.143. The Balaban J connectivity index is 2.30. The van der Waals surface area contributed by atoms with Crippen LogP contribution in [0.2, 0.25) is 5.02 Å². The van der Waals surface area contributed by atoms with E-state index in [9.17, 15) is 4.39 Å². The molecule has 1 nitrogen and oxygen atoms in total. The van der Waals surface area contributed by atoms with Crippen molar-refractivity contribution in [2.24, 2.45) is 5.73 Å². The van der Waals surface area contributed by atoms with Crippen LogP contribution in [0.25, 0.3) is 0 Å². The van der Waals surface area contributed by atoms with Gasteiger partial charge in [-0.15, -0.1) is 0 Å². The Kier molecular flexibility index (Phi) is 4.23. The topological polar surface area (TPSA) is 26.0 Å². The van der Waals surface area contributed by atoms with Gasteiger partial charge in [-0.05, 0) is 36.1 Å². The van der Waals surface area contributed by atoms with Crippen molar-refractivity contribution < 1.29 is 4.39 Å². The second-order valence-corrected chi connectivity index (χ2v) is 5.21. The van der Waals surface area contributed by atoms with Crippen molar-refractivity contribution in [3.05, 3.63) is 70.5 Å². The molecule has 1 unspecified atom stereocenters. The van der Waals surface area contributed by atoms with Gasteiger partial charge >= 0.3 is 0 Å². The van der Waals surface area contributed by atoms with Crippen LogP contribution in [-0.4, -0.2) is 0 Å². The molecule has 0 saturated heterocycles. The van der Waals surface area contributed by atoms with Gasteiger partial charge in [-0.1, -0.05) is 54.9 Å². The molecule has 2 N–H and O–H groups in total. The number of hydrogen-bond donors (Lipinski definition) is 1. The minimum Gasteiger partial charge on any atom is -0.321 e. The van der Waals surface area contributed by atoms with Crippen LogP contribution in [0.5, 0.6) is 0 Å². The van der Waals surface area contributed by atoms with E-state index in [1.165, 1.54) is 6.07 Å². The number of benzene rings is 2. The second kappa shape index (κ2) is 5.72. The first-order chi connectivity index (χ1) is 9.05. The smallest absolute Gasteiger partial charge is 0.141 e. The maximum atomic E-state index is 13.2. The molecule has 2 aromatic carbocycles. The highest BCUT2D eigenvalue weighted by Crippen LogP contribution is 2.28. The van der Waals surface area contributed by atoms with Crippen molar-refractivity contribution in [3.8, 4) is 0 Å². The van der Waals surface area contributed by atoms with Gasteiger partial charge in [0.05, 0.1) is 5.02 Å². The molecule has 0 saturated carbocycles. The molecule has 0 amide bonds. The summed E-state index contributed by atoms with van der Waals surface area (Å²) in [6.45, 7) is 2.05. The van der Waals surface area contributed by atoms with Crippen molar-refractivity contribution in [1.82, 2.24) is 0 Å². The van der Waals surface area contributed by atoms with E-state index in [-0.39, 0.29) is 5.02 Å². The summed E-state index contributed by atoms with van der Waals surface area (Å²) in [5.41, 5.74) is 8.07. The Hall–Kier alpha value is -1.38. The Labute approximate surface area is 118 Å². The largest absolute Gasteiger partial charge is 0.321 e. The molecular weight excluding hydrogens is 261 g/mol. The van der Waals surface area contributed by atoms with Crippen molar-refractivity contribution in [2.45, 2.75) is 25.3 Å². The molecule has 0 spiro atoms. The molecule has 0 aliphatic carbocycles. The first-order valence-corrected chi connectivity index (χ1v) is 6.71. The summed E-state index contributed by atoms with van der Waals surface area (Å²) >= 11 is 5.82. The molecule has 0 bridgehead atoms. The third-order valence-electron chi connectivity index (χ3n) is 3.48. The van der Waals surface area contributed by atoms with Gasteiger partial charge in [-0.25, -0.2) is 4.39 Å². The van der Waals surface area contributed by atoms with Crippen LogP contribution >= 0.6 is 11.6 Å². The average molecular weight is 278 g/mol. The van der Waals surface area contributed by atoms with Crippen LogP contribution in [0.15, 0.2) is 48.5 Å². The molecule has 3 heteroatoms. The second-order valence-electron chi connectivity index (χ2n) is 4.80. The zero-order valence-corrected chi connectivity index (χ0v) is 11.6. The van der Waals surface area contributed by atoms with E-state index in [1.807, 2.05) is 30.3 Å². The summed E-state index contributed by atoms with van der Waals surface area (Å²) in [5.74, 6) is -0.399. The summed E-state index contributed by atoms with van der Waals surface area (Å²) in [5, 5.41) is 0.143. The predicted molar refractivity (Wildman–Crippen MR) is 77.7 cm³/mol. The van der Waals surface area contributed by atoms with E-state index in [2.05, 4.69) is 6.92 Å². The predicted octanol–water partition coefficient (Wildman–Crippen LogP) is 4.29. The summed E-state index contributed by atoms with van der Waals surface area (Å²) in [6, 6.07) is 14.7. The standard InChI is InChI=1S/C16H17ClFN/c1-2-16(19,13-6-4-3-5-7-13)11-12-8-9-15(18)14(17)10-12/h3-10H,2,11,19H2,1H3. The minimum atomic E-state index is -0.456. The number of rotatable bonds is 4. The Morgan fingerprint density at radius 2 is 1.84 bits per heavy atom. The highest BCUT2D eigenvalue weighted by atomic mass is 35.5. The van der Waals surface area contributed by atoms with Crippen LogP contribution in [0.4, 0.5) is 4.39 Å². The SMILES string of the molecule is CCC(N)(Cc1ccc(F)c(Cl)c1)c1ccccc1. The summed E-state index contributed by atoms with van der Waals surface area (Å²) in [6.07, 6.45) is 1.43. The lowest BCUT2D eigenvalue weighted by molar-refractivity contribution is 0.424.